The molecule has 4 N–H and O–H groups in total. The Morgan fingerprint density at radius 2 is 2.30 bits per heavy atom. The van der Waals surface area contributed by atoms with Crippen molar-refractivity contribution in [2.24, 2.45) is 10.7 Å². The zero-order chi connectivity index (χ0) is 15.1. The van der Waals surface area contributed by atoms with E-state index in [9.17, 15) is 19.0 Å². The Labute approximate surface area is 118 Å². The van der Waals surface area contributed by atoms with Gasteiger partial charge in [-0.05, 0) is 0 Å². The van der Waals surface area contributed by atoms with Crippen LogP contribution in [0.2, 0.25) is 0 Å². The largest absolute Gasteiger partial charge is 0.393 e. The molecule has 0 amide bonds. The first kappa shape index (κ1) is 15.2. The number of hydrogen-bond acceptors (Lipinski definition) is 6. The number of amidine groups is 1. The van der Waals surface area contributed by atoms with Gasteiger partial charge >= 0.3 is 0 Å². The summed E-state index contributed by atoms with van der Waals surface area (Å²) in [5.41, 5.74) is 3.61. The third-order valence-corrected chi connectivity index (χ3v) is 3.73. The molecule has 2 heterocycles. The molecule has 1 saturated heterocycles. The molecule has 0 unspecified atom stereocenters. The number of rotatable bonds is 3. The maximum Gasteiger partial charge on any atom is 0.181 e. The molecule has 0 aromatic carbocycles. The Kier molecular flexibility index (Phi) is 4.01. The predicted molar refractivity (Wildman–Crippen MR) is 68.1 cm³/mol. The molecule has 0 radical (unpaired) electrons. The van der Waals surface area contributed by atoms with Crippen LogP contribution in [0.5, 0.6) is 0 Å². The number of aliphatic imine (C=N–C) groups is 1. The molecule has 0 aliphatic carbocycles. The number of nitrogens with two attached hydrogens (primary N) is 1. The molecule has 1 fully saturated rings. The first-order valence-electron chi connectivity index (χ1n) is 5.72. The van der Waals surface area contributed by atoms with Gasteiger partial charge in [-0.1, -0.05) is 6.58 Å². The number of hydrogen-bond donors (Lipinski definition) is 3. The lowest BCUT2D eigenvalue weighted by Gasteiger charge is -2.31. The van der Waals surface area contributed by atoms with E-state index in [-0.39, 0.29) is 17.5 Å². The quantitative estimate of drug-likeness (QED) is 0.637. The van der Waals surface area contributed by atoms with Crippen LogP contribution in [0, 0.1) is 0 Å². The highest BCUT2D eigenvalue weighted by Gasteiger charge is 2.56. The second-order valence-corrected chi connectivity index (χ2v) is 4.82. The standard InChI is InChI=1S/C11H14ClF2N3O3/c1-5-16-9(15)6(13)2-17(5)10-7(14)8(19)11(3-12,4-18)20-10/h2,7-8,10,18-19H,1,3-4H2,(H2,15,16)/t7-,8+,10-,11-/m1/s1. The Bertz CT molecular complexity index is 482. The van der Waals surface area contributed by atoms with Crippen LogP contribution in [-0.2, 0) is 4.74 Å². The molecule has 2 aliphatic heterocycles. The van der Waals surface area contributed by atoms with Gasteiger partial charge in [0.15, 0.2) is 24.1 Å². The summed E-state index contributed by atoms with van der Waals surface area (Å²) in [6, 6.07) is 0. The van der Waals surface area contributed by atoms with E-state index < -0.39 is 36.5 Å². The van der Waals surface area contributed by atoms with E-state index in [1.165, 1.54) is 0 Å². The van der Waals surface area contributed by atoms with Crippen molar-refractivity contribution in [2.45, 2.75) is 24.1 Å². The summed E-state index contributed by atoms with van der Waals surface area (Å²) < 4.78 is 32.9. The van der Waals surface area contributed by atoms with Gasteiger partial charge in [-0.2, -0.15) is 0 Å². The number of aliphatic hydroxyl groups excluding tert-OH is 2. The van der Waals surface area contributed by atoms with E-state index in [0.29, 0.717) is 0 Å². The number of alkyl halides is 2. The lowest BCUT2D eigenvalue weighted by atomic mass is 9.99. The maximum atomic E-state index is 14.2. The molecule has 0 spiro atoms. The SMILES string of the molecule is C=C1N=C(N)C(F)=CN1[C@@H]1O[C@@](CO)(CCl)[C@@H](O)[C@H]1F. The average Bonchev–Trinajstić information content (AvgIpc) is 2.68. The molecule has 112 valence electrons. The van der Waals surface area contributed by atoms with Crippen LogP contribution < -0.4 is 5.73 Å². The van der Waals surface area contributed by atoms with E-state index in [1.54, 1.807) is 0 Å². The minimum Gasteiger partial charge on any atom is -0.393 e. The average molecular weight is 310 g/mol. The second kappa shape index (κ2) is 5.28. The lowest BCUT2D eigenvalue weighted by molar-refractivity contribution is -0.121. The Hall–Kier alpha value is -1.22. The van der Waals surface area contributed by atoms with E-state index >= 15 is 0 Å². The van der Waals surface area contributed by atoms with Crippen molar-refractivity contribution in [3.63, 3.8) is 0 Å². The molecular formula is C11H14ClF2N3O3. The molecule has 2 aliphatic rings. The molecule has 20 heavy (non-hydrogen) atoms. The van der Waals surface area contributed by atoms with Gasteiger partial charge in [0.05, 0.1) is 12.5 Å². The highest BCUT2D eigenvalue weighted by Crippen LogP contribution is 2.37. The van der Waals surface area contributed by atoms with E-state index in [0.717, 1.165) is 11.1 Å². The van der Waals surface area contributed by atoms with Crippen LogP contribution in [0.15, 0.2) is 29.4 Å². The fourth-order valence-corrected chi connectivity index (χ4v) is 2.35. The van der Waals surface area contributed by atoms with Crippen LogP contribution in [0.4, 0.5) is 8.78 Å². The predicted octanol–water partition coefficient (Wildman–Crippen LogP) is -0.0335. The van der Waals surface area contributed by atoms with Gasteiger partial charge in [0.2, 0.25) is 0 Å². The minimum absolute atomic E-state index is 0.0490. The van der Waals surface area contributed by atoms with Crippen molar-refractivity contribution in [2.75, 3.05) is 12.5 Å². The molecule has 9 heteroatoms. The van der Waals surface area contributed by atoms with E-state index in [1.807, 2.05) is 0 Å². The van der Waals surface area contributed by atoms with Crippen LogP contribution >= 0.6 is 11.6 Å². The van der Waals surface area contributed by atoms with Gasteiger partial charge < -0.3 is 25.6 Å². The summed E-state index contributed by atoms with van der Waals surface area (Å²) in [6.07, 6.45) is -4.14. The van der Waals surface area contributed by atoms with Gasteiger partial charge in [0, 0.05) is 6.20 Å². The molecule has 6 nitrogen and oxygen atoms in total. The van der Waals surface area contributed by atoms with Crippen LogP contribution in [-0.4, -0.2) is 57.5 Å². The van der Waals surface area contributed by atoms with E-state index in [4.69, 9.17) is 22.1 Å². The smallest absolute Gasteiger partial charge is 0.181 e. The molecular weight excluding hydrogens is 296 g/mol. The normalized spacial score (nSPS) is 38.0. The summed E-state index contributed by atoms with van der Waals surface area (Å²) in [7, 11) is 0. The fraction of sp³-hybridized carbons (Fsp3) is 0.545. The van der Waals surface area contributed by atoms with Gasteiger partial charge in [0.1, 0.15) is 17.5 Å². The van der Waals surface area contributed by atoms with Gasteiger partial charge in [-0.3, -0.25) is 0 Å². The van der Waals surface area contributed by atoms with Crippen molar-refractivity contribution in [3.8, 4) is 0 Å². The van der Waals surface area contributed by atoms with Crippen LogP contribution in [0.25, 0.3) is 0 Å². The third-order valence-electron chi connectivity index (χ3n) is 3.28. The molecule has 0 bridgehead atoms. The van der Waals surface area contributed by atoms with Crippen LogP contribution in [0.1, 0.15) is 0 Å². The zero-order valence-electron chi connectivity index (χ0n) is 10.3. The fourth-order valence-electron chi connectivity index (χ4n) is 2.05. The number of ether oxygens (including phenoxy) is 1. The van der Waals surface area contributed by atoms with Crippen molar-refractivity contribution in [1.82, 2.24) is 4.90 Å². The Balaban J connectivity index is 2.29. The summed E-state index contributed by atoms with van der Waals surface area (Å²) in [5.74, 6) is -1.65. The first-order chi connectivity index (χ1) is 9.36. The molecule has 0 aromatic heterocycles. The van der Waals surface area contributed by atoms with Gasteiger partial charge in [-0.15, -0.1) is 11.6 Å². The summed E-state index contributed by atoms with van der Waals surface area (Å²) in [5, 5.41) is 19.1. The minimum atomic E-state index is -1.93. The monoisotopic (exact) mass is 309 g/mol. The van der Waals surface area contributed by atoms with E-state index in [2.05, 4.69) is 11.6 Å². The topological polar surface area (TPSA) is 91.3 Å². The first-order valence-corrected chi connectivity index (χ1v) is 6.25. The summed E-state index contributed by atoms with van der Waals surface area (Å²) >= 11 is 5.63. The number of halogens is 3. The van der Waals surface area contributed by atoms with Crippen molar-refractivity contribution in [3.05, 3.63) is 24.4 Å². The highest BCUT2D eigenvalue weighted by atomic mass is 35.5. The molecule has 0 saturated carbocycles. The summed E-state index contributed by atoms with van der Waals surface area (Å²) in [6.45, 7) is 2.82. The van der Waals surface area contributed by atoms with Gasteiger partial charge in [-0.25, -0.2) is 13.8 Å². The maximum absolute atomic E-state index is 14.2. The lowest BCUT2D eigenvalue weighted by Crippen LogP contribution is -2.47. The van der Waals surface area contributed by atoms with Crippen molar-refractivity contribution in [1.29, 1.82) is 0 Å². The van der Waals surface area contributed by atoms with Crippen molar-refractivity contribution >= 4 is 17.4 Å². The molecule has 0 aromatic rings. The van der Waals surface area contributed by atoms with Crippen molar-refractivity contribution < 1.29 is 23.7 Å². The van der Waals surface area contributed by atoms with Gasteiger partial charge in [0.25, 0.3) is 0 Å². The molecule has 4 atom stereocenters. The van der Waals surface area contributed by atoms with Crippen LogP contribution in [0.3, 0.4) is 0 Å². The highest BCUT2D eigenvalue weighted by molar-refractivity contribution is 6.18. The molecule has 2 rings (SSSR count). The number of nitrogens with zero attached hydrogens (tertiary/aromatic N) is 2. The Morgan fingerprint density at radius 1 is 1.65 bits per heavy atom. The number of aliphatic hydroxyl groups is 2. The third kappa shape index (κ3) is 2.18. The summed E-state index contributed by atoms with van der Waals surface area (Å²) in [4.78, 5) is 4.57. The zero-order valence-corrected chi connectivity index (χ0v) is 11.1. The Morgan fingerprint density at radius 3 is 2.80 bits per heavy atom. The second-order valence-electron chi connectivity index (χ2n) is 4.55.